The first-order valence-electron chi connectivity index (χ1n) is 5.28. The molecule has 0 spiro atoms. The molecule has 1 aromatic rings. The Morgan fingerprint density at radius 2 is 2.31 bits per heavy atom. The number of halogens is 1. The topological polar surface area (TPSA) is 58.0 Å². The molecular formula is C11H14IN3O. The molecule has 1 atom stereocenters. The fourth-order valence-electron chi connectivity index (χ4n) is 1.84. The molecule has 1 aliphatic rings. The SMILES string of the molecule is C=C1CC(I)CCCNc2ncnc(O)c21. The molecule has 5 heteroatoms. The van der Waals surface area contributed by atoms with Gasteiger partial charge in [0.15, 0.2) is 0 Å². The summed E-state index contributed by atoms with van der Waals surface area (Å²) in [5.74, 6) is 0.719. The van der Waals surface area contributed by atoms with Gasteiger partial charge in [0, 0.05) is 10.5 Å². The van der Waals surface area contributed by atoms with Gasteiger partial charge >= 0.3 is 0 Å². The lowest BCUT2D eigenvalue weighted by molar-refractivity contribution is 0.450. The van der Waals surface area contributed by atoms with Crippen molar-refractivity contribution in [2.45, 2.75) is 23.2 Å². The van der Waals surface area contributed by atoms with E-state index in [1.807, 2.05) is 0 Å². The van der Waals surface area contributed by atoms with E-state index in [1.165, 1.54) is 6.33 Å². The lowest BCUT2D eigenvalue weighted by atomic mass is 10.0. The van der Waals surface area contributed by atoms with Crippen LogP contribution in [0.15, 0.2) is 12.9 Å². The highest BCUT2D eigenvalue weighted by Crippen LogP contribution is 2.34. The molecule has 2 rings (SSSR count). The van der Waals surface area contributed by atoms with Gasteiger partial charge in [-0.2, -0.15) is 0 Å². The minimum atomic E-state index is 0.0213. The molecule has 0 aliphatic carbocycles. The summed E-state index contributed by atoms with van der Waals surface area (Å²) >= 11 is 2.43. The van der Waals surface area contributed by atoms with Gasteiger partial charge in [0.05, 0.1) is 5.56 Å². The molecule has 0 bridgehead atoms. The predicted molar refractivity (Wildman–Crippen MR) is 72.9 cm³/mol. The van der Waals surface area contributed by atoms with Crippen molar-refractivity contribution in [2.75, 3.05) is 11.9 Å². The molecule has 0 radical (unpaired) electrons. The van der Waals surface area contributed by atoms with E-state index in [9.17, 15) is 5.11 Å². The molecule has 0 fully saturated rings. The Morgan fingerprint density at radius 1 is 1.50 bits per heavy atom. The van der Waals surface area contributed by atoms with E-state index in [0.717, 1.165) is 31.4 Å². The Bertz CT molecular complexity index is 408. The fourth-order valence-corrected chi connectivity index (χ4v) is 2.81. The first kappa shape index (κ1) is 11.6. The number of anilines is 1. The van der Waals surface area contributed by atoms with E-state index in [1.54, 1.807) is 0 Å². The van der Waals surface area contributed by atoms with Crippen molar-refractivity contribution in [3.63, 3.8) is 0 Å². The summed E-state index contributed by atoms with van der Waals surface area (Å²) in [4.78, 5) is 7.97. The maximum Gasteiger partial charge on any atom is 0.223 e. The molecule has 2 heterocycles. The van der Waals surface area contributed by atoms with Gasteiger partial charge in [0.25, 0.3) is 0 Å². The Balaban J connectivity index is 2.39. The Morgan fingerprint density at radius 3 is 3.12 bits per heavy atom. The highest BCUT2D eigenvalue weighted by atomic mass is 127. The maximum atomic E-state index is 9.77. The number of hydrogen-bond donors (Lipinski definition) is 2. The maximum absolute atomic E-state index is 9.77. The second kappa shape index (κ2) is 4.99. The predicted octanol–water partition coefficient (Wildman–Crippen LogP) is 2.59. The van der Waals surface area contributed by atoms with Crippen molar-refractivity contribution >= 4 is 34.0 Å². The minimum absolute atomic E-state index is 0.0213. The second-order valence-corrected chi connectivity index (χ2v) is 5.66. The van der Waals surface area contributed by atoms with Crippen molar-refractivity contribution in [3.8, 4) is 5.88 Å². The number of fused-ring (bicyclic) bond motifs is 1. The fraction of sp³-hybridized carbons (Fsp3) is 0.455. The van der Waals surface area contributed by atoms with Crippen molar-refractivity contribution < 1.29 is 5.11 Å². The summed E-state index contributed by atoms with van der Waals surface area (Å²) in [5.41, 5.74) is 1.58. The zero-order chi connectivity index (χ0) is 11.5. The van der Waals surface area contributed by atoms with Crippen molar-refractivity contribution in [2.24, 2.45) is 0 Å². The third-order valence-electron chi connectivity index (χ3n) is 2.64. The van der Waals surface area contributed by atoms with Crippen LogP contribution in [0.2, 0.25) is 0 Å². The van der Waals surface area contributed by atoms with Crippen LogP contribution in [0.5, 0.6) is 5.88 Å². The summed E-state index contributed by atoms with van der Waals surface area (Å²) in [5, 5.41) is 13.0. The van der Waals surface area contributed by atoms with E-state index in [2.05, 4.69) is 44.5 Å². The minimum Gasteiger partial charge on any atom is -0.493 e. The zero-order valence-electron chi connectivity index (χ0n) is 8.91. The Labute approximate surface area is 108 Å². The van der Waals surface area contributed by atoms with E-state index < -0.39 is 0 Å². The number of nitrogens with zero attached hydrogens (tertiary/aromatic N) is 2. The van der Waals surface area contributed by atoms with E-state index in [-0.39, 0.29) is 5.88 Å². The van der Waals surface area contributed by atoms with Crippen molar-refractivity contribution in [3.05, 3.63) is 18.5 Å². The lowest BCUT2D eigenvalue weighted by Gasteiger charge is -2.12. The number of rotatable bonds is 0. The highest BCUT2D eigenvalue weighted by Gasteiger charge is 2.18. The van der Waals surface area contributed by atoms with Gasteiger partial charge in [0.1, 0.15) is 12.1 Å². The van der Waals surface area contributed by atoms with E-state index >= 15 is 0 Å². The molecule has 1 unspecified atom stereocenters. The molecule has 16 heavy (non-hydrogen) atoms. The van der Waals surface area contributed by atoms with Crippen LogP contribution in [-0.2, 0) is 0 Å². The highest BCUT2D eigenvalue weighted by molar-refractivity contribution is 14.1. The van der Waals surface area contributed by atoms with Gasteiger partial charge in [-0.1, -0.05) is 29.2 Å². The van der Waals surface area contributed by atoms with Crippen molar-refractivity contribution in [1.82, 2.24) is 9.97 Å². The number of nitrogens with one attached hydrogen (secondary N) is 1. The van der Waals surface area contributed by atoms with Crippen LogP contribution in [0.1, 0.15) is 24.8 Å². The van der Waals surface area contributed by atoms with Crippen LogP contribution < -0.4 is 5.32 Å². The normalized spacial score (nSPS) is 21.3. The molecule has 1 aromatic heterocycles. The molecule has 0 aromatic carbocycles. The van der Waals surface area contributed by atoms with Crippen LogP contribution in [0, 0.1) is 0 Å². The Kier molecular flexibility index (Phi) is 3.63. The van der Waals surface area contributed by atoms with Gasteiger partial charge in [0.2, 0.25) is 5.88 Å². The third kappa shape index (κ3) is 2.45. The van der Waals surface area contributed by atoms with Gasteiger partial charge in [-0.15, -0.1) is 0 Å². The standard InChI is InChI=1S/C11H14IN3O/c1-7-5-8(12)3-2-4-13-10-9(7)11(16)15-6-14-10/h6,8H,1-5H2,(H2,13,14,15,16). The van der Waals surface area contributed by atoms with Gasteiger partial charge in [-0.05, 0) is 24.8 Å². The number of alkyl halides is 1. The second-order valence-electron chi connectivity index (χ2n) is 3.89. The van der Waals surface area contributed by atoms with Gasteiger partial charge in [-0.3, -0.25) is 0 Å². The number of aromatic nitrogens is 2. The number of allylic oxidation sites excluding steroid dienone is 1. The molecule has 1 aliphatic heterocycles. The van der Waals surface area contributed by atoms with E-state index in [0.29, 0.717) is 15.3 Å². The molecule has 2 N–H and O–H groups in total. The Hall–Kier alpha value is -0.850. The molecule has 4 nitrogen and oxygen atoms in total. The van der Waals surface area contributed by atoms with Crippen LogP contribution in [0.4, 0.5) is 5.82 Å². The largest absolute Gasteiger partial charge is 0.493 e. The molecule has 0 amide bonds. The summed E-state index contributed by atoms with van der Waals surface area (Å²) in [6.07, 6.45) is 4.49. The van der Waals surface area contributed by atoms with Crippen LogP contribution in [0.25, 0.3) is 5.57 Å². The third-order valence-corrected chi connectivity index (χ3v) is 3.70. The molecular weight excluding hydrogens is 317 g/mol. The summed E-state index contributed by atoms with van der Waals surface area (Å²) in [7, 11) is 0. The molecule has 86 valence electrons. The zero-order valence-corrected chi connectivity index (χ0v) is 11.1. The molecule has 0 saturated heterocycles. The van der Waals surface area contributed by atoms with Crippen LogP contribution in [-0.4, -0.2) is 25.5 Å². The average molecular weight is 331 g/mol. The van der Waals surface area contributed by atoms with Crippen LogP contribution >= 0.6 is 22.6 Å². The van der Waals surface area contributed by atoms with Crippen LogP contribution in [0.3, 0.4) is 0 Å². The first-order chi connectivity index (χ1) is 7.68. The summed E-state index contributed by atoms with van der Waals surface area (Å²) < 4.78 is 0.553. The van der Waals surface area contributed by atoms with Gasteiger partial charge in [-0.25, -0.2) is 9.97 Å². The monoisotopic (exact) mass is 331 g/mol. The number of aromatic hydroxyl groups is 1. The molecule has 0 saturated carbocycles. The summed E-state index contributed by atoms with van der Waals surface area (Å²) in [6.45, 7) is 4.90. The summed E-state index contributed by atoms with van der Waals surface area (Å²) in [6, 6.07) is 0. The first-order valence-corrected chi connectivity index (χ1v) is 6.53. The smallest absolute Gasteiger partial charge is 0.223 e. The van der Waals surface area contributed by atoms with E-state index in [4.69, 9.17) is 0 Å². The number of hydrogen-bond acceptors (Lipinski definition) is 4. The van der Waals surface area contributed by atoms with Crippen molar-refractivity contribution in [1.29, 1.82) is 0 Å². The van der Waals surface area contributed by atoms with Gasteiger partial charge < -0.3 is 10.4 Å². The quantitative estimate of drug-likeness (QED) is 0.567. The average Bonchev–Trinajstić information content (AvgIpc) is 2.29. The lowest BCUT2D eigenvalue weighted by Crippen LogP contribution is -2.05.